The van der Waals surface area contributed by atoms with E-state index in [4.69, 9.17) is 0 Å². The van der Waals surface area contributed by atoms with Crippen LogP contribution in [-0.4, -0.2) is 46.1 Å². The van der Waals surface area contributed by atoms with Gasteiger partial charge in [0.15, 0.2) is 0 Å². The van der Waals surface area contributed by atoms with Gasteiger partial charge >= 0.3 is 0 Å². The van der Waals surface area contributed by atoms with Crippen LogP contribution in [0.4, 0.5) is 0 Å². The molecule has 1 unspecified atom stereocenters. The molecule has 1 aliphatic rings. The van der Waals surface area contributed by atoms with Crippen LogP contribution in [0.5, 0.6) is 0 Å². The van der Waals surface area contributed by atoms with Crippen LogP contribution in [0, 0.1) is 11.8 Å². The first-order chi connectivity index (χ1) is 10.2. The summed E-state index contributed by atoms with van der Waals surface area (Å²) >= 11 is 0. The first kappa shape index (κ1) is 16.4. The quantitative estimate of drug-likeness (QED) is 0.758. The van der Waals surface area contributed by atoms with Gasteiger partial charge in [0.1, 0.15) is 0 Å². The fraction of sp³-hybridized carbons (Fsp3) is 0.875. The van der Waals surface area contributed by atoms with Crippen molar-refractivity contribution < 1.29 is 0 Å². The van der Waals surface area contributed by atoms with Crippen LogP contribution in [0.1, 0.15) is 45.7 Å². The molecular weight excluding hydrogens is 262 g/mol. The number of rotatable bonds is 9. The second-order valence-electron chi connectivity index (χ2n) is 6.74. The van der Waals surface area contributed by atoms with Gasteiger partial charge in [0.2, 0.25) is 0 Å². The van der Waals surface area contributed by atoms with Crippen molar-refractivity contribution in [1.29, 1.82) is 0 Å². The molecule has 5 nitrogen and oxygen atoms in total. The SMILES string of the molecule is CCCC1CCN(CCn2cc(CNCC(C)C)nn2)C1. The maximum atomic E-state index is 4.23. The molecule has 2 heterocycles. The number of nitrogens with one attached hydrogen (secondary N) is 1. The molecule has 0 aromatic carbocycles. The van der Waals surface area contributed by atoms with Gasteiger partial charge in [-0.25, -0.2) is 0 Å². The Hall–Kier alpha value is -0.940. The van der Waals surface area contributed by atoms with Crippen molar-refractivity contribution in [3.05, 3.63) is 11.9 Å². The first-order valence-electron chi connectivity index (χ1n) is 8.49. The minimum Gasteiger partial charge on any atom is -0.311 e. The number of hydrogen-bond acceptors (Lipinski definition) is 4. The Morgan fingerprint density at radius 1 is 1.38 bits per heavy atom. The summed E-state index contributed by atoms with van der Waals surface area (Å²) < 4.78 is 1.99. The van der Waals surface area contributed by atoms with E-state index >= 15 is 0 Å². The maximum Gasteiger partial charge on any atom is 0.0964 e. The lowest BCUT2D eigenvalue weighted by Gasteiger charge is -2.15. The minimum atomic E-state index is 0.672. The van der Waals surface area contributed by atoms with E-state index in [0.29, 0.717) is 5.92 Å². The highest BCUT2D eigenvalue weighted by molar-refractivity contribution is 4.91. The molecule has 1 atom stereocenters. The second kappa shape index (κ2) is 8.49. The molecule has 1 aromatic rings. The Morgan fingerprint density at radius 2 is 2.24 bits per heavy atom. The largest absolute Gasteiger partial charge is 0.311 e. The van der Waals surface area contributed by atoms with E-state index in [9.17, 15) is 0 Å². The van der Waals surface area contributed by atoms with Crippen LogP contribution in [0.2, 0.25) is 0 Å². The molecule has 0 radical (unpaired) electrons. The van der Waals surface area contributed by atoms with Gasteiger partial charge < -0.3 is 10.2 Å². The van der Waals surface area contributed by atoms with Gasteiger partial charge in [-0.2, -0.15) is 0 Å². The topological polar surface area (TPSA) is 46.0 Å². The predicted octanol–water partition coefficient (Wildman–Crippen LogP) is 2.15. The molecule has 0 spiro atoms. The highest BCUT2D eigenvalue weighted by Crippen LogP contribution is 2.20. The number of hydrogen-bond donors (Lipinski definition) is 1. The zero-order chi connectivity index (χ0) is 15.1. The Kier molecular flexibility index (Phi) is 6.64. The molecular formula is C16H31N5. The lowest BCUT2D eigenvalue weighted by Crippen LogP contribution is -2.25. The molecule has 2 rings (SSSR count). The highest BCUT2D eigenvalue weighted by atomic mass is 15.4. The second-order valence-corrected chi connectivity index (χ2v) is 6.74. The van der Waals surface area contributed by atoms with Crippen molar-refractivity contribution in [3.8, 4) is 0 Å². The molecule has 120 valence electrons. The summed E-state index contributed by atoms with van der Waals surface area (Å²) in [6, 6.07) is 0. The lowest BCUT2D eigenvalue weighted by molar-refractivity contribution is 0.299. The van der Waals surface area contributed by atoms with Crippen molar-refractivity contribution in [3.63, 3.8) is 0 Å². The van der Waals surface area contributed by atoms with Crippen molar-refractivity contribution in [2.24, 2.45) is 11.8 Å². The van der Waals surface area contributed by atoms with E-state index in [1.807, 2.05) is 4.68 Å². The van der Waals surface area contributed by atoms with Crippen molar-refractivity contribution in [1.82, 2.24) is 25.2 Å². The predicted molar refractivity (Wildman–Crippen MR) is 86.0 cm³/mol. The van der Waals surface area contributed by atoms with Crippen LogP contribution < -0.4 is 5.32 Å². The van der Waals surface area contributed by atoms with Gasteiger partial charge in [-0.05, 0) is 37.8 Å². The summed E-state index contributed by atoms with van der Waals surface area (Å²) in [7, 11) is 0. The van der Waals surface area contributed by atoms with Gasteiger partial charge in [-0.3, -0.25) is 4.68 Å². The number of nitrogens with zero attached hydrogens (tertiary/aromatic N) is 4. The lowest BCUT2D eigenvalue weighted by atomic mass is 10.0. The number of aromatic nitrogens is 3. The molecule has 5 heteroatoms. The molecule has 0 aliphatic carbocycles. The molecule has 1 aromatic heterocycles. The Balaban J connectivity index is 1.66. The standard InChI is InChI=1S/C16H31N5/c1-4-5-15-6-7-20(12-15)8-9-21-13-16(18-19-21)11-17-10-14(2)3/h13-15,17H,4-12H2,1-3H3. The third kappa shape index (κ3) is 5.75. The van der Waals surface area contributed by atoms with E-state index in [1.54, 1.807) is 0 Å². The first-order valence-corrected chi connectivity index (χ1v) is 8.49. The van der Waals surface area contributed by atoms with E-state index in [0.717, 1.165) is 37.8 Å². The average Bonchev–Trinajstić information content (AvgIpc) is 3.06. The van der Waals surface area contributed by atoms with Crippen LogP contribution in [0.15, 0.2) is 6.20 Å². The van der Waals surface area contributed by atoms with E-state index in [1.165, 1.54) is 32.4 Å². The zero-order valence-corrected chi connectivity index (χ0v) is 13.9. The Bertz CT molecular complexity index is 401. The third-order valence-corrected chi connectivity index (χ3v) is 4.16. The zero-order valence-electron chi connectivity index (χ0n) is 13.9. The molecule has 0 amide bonds. The summed E-state index contributed by atoms with van der Waals surface area (Å²) in [6.45, 7) is 13.1. The molecule has 1 N–H and O–H groups in total. The molecule has 1 fully saturated rings. The van der Waals surface area contributed by atoms with Crippen LogP contribution in [0.25, 0.3) is 0 Å². The van der Waals surface area contributed by atoms with Gasteiger partial charge in [-0.1, -0.05) is 32.4 Å². The maximum absolute atomic E-state index is 4.23. The highest BCUT2D eigenvalue weighted by Gasteiger charge is 2.21. The normalized spacial score (nSPS) is 19.7. The Labute approximate surface area is 129 Å². The molecule has 21 heavy (non-hydrogen) atoms. The van der Waals surface area contributed by atoms with Gasteiger partial charge in [0, 0.05) is 25.8 Å². The van der Waals surface area contributed by atoms with Gasteiger partial charge in [-0.15, -0.1) is 5.10 Å². The van der Waals surface area contributed by atoms with Gasteiger partial charge in [0.25, 0.3) is 0 Å². The van der Waals surface area contributed by atoms with Crippen LogP contribution >= 0.6 is 0 Å². The molecule has 0 bridgehead atoms. The third-order valence-electron chi connectivity index (χ3n) is 4.16. The van der Waals surface area contributed by atoms with Crippen molar-refractivity contribution in [2.45, 2.75) is 53.1 Å². The fourth-order valence-electron chi connectivity index (χ4n) is 3.02. The average molecular weight is 293 g/mol. The molecule has 1 aliphatic heterocycles. The molecule has 0 saturated carbocycles. The molecule has 1 saturated heterocycles. The van der Waals surface area contributed by atoms with Crippen molar-refractivity contribution >= 4 is 0 Å². The Morgan fingerprint density at radius 3 is 3.00 bits per heavy atom. The summed E-state index contributed by atoms with van der Waals surface area (Å²) in [5.74, 6) is 1.59. The summed E-state index contributed by atoms with van der Waals surface area (Å²) in [6.07, 6.45) is 6.14. The van der Waals surface area contributed by atoms with Crippen LogP contribution in [-0.2, 0) is 13.1 Å². The fourth-order valence-corrected chi connectivity index (χ4v) is 3.02. The van der Waals surface area contributed by atoms with Crippen LogP contribution in [0.3, 0.4) is 0 Å². The van der Waals surface area contributed by atoms with Crippen molar-refractivity contribution in [2.75, 3.05) is 26.2 Å². The smallest absolute Gasteiger partial charge is 0.0964 e. The van der Waals surface area contributed by atoms with Gasteiger partial charge in [0.05, 0.1) is 12.2 Å². The summed E-state index contributed by atoms with van der Waals surface area (Å²) in [5.41, 5.74) is 1.04. The summed E-state index contributed by atoms with van der Waals surface area (Å²) in [5, 5.41) is 11.9. The minimum absolute atomic E-state index is 0.672. The monoisotopic (exact) mass is 293 g/mol. The summed E-state index contributed by atoms with van der Waals surface area (Å²) in [4.78, 5) is 2.57. The van der Waals surface area contributed by atoms with E-state index < -0.39 is 0 Å². The number of likely N-dealkylation sites (tertiary alicyclic amines) is 1. The van der Waals surface area contributed by atoms with E-state index in [-0.39, 0.29) is 0 Å². The van der Waals surface area contributed by atoms with E-state index in [2.05, 4.69) is 47.5 Å².